The lowest BCUT2D eigenvalue weighted by Crippen LogP contribution is -2.10. The maximum absolute atomic E-state index is 4.39. The van der Waals surface area contributed by atoms with E-state index in [1.54, 1.807) is 17.2 Å². The Balaban J connectivity index is 1.56. The number of rotatable bonds is 5. The van der Waals surface area contributed by atoms with Crippen molar-refractivity contribution in [1.82, 2.24) is 35.0 Å². The van der Waals surface area contributed by atoms with Crippen LogP contribution in [0.5, 0.6) is 0 Å². The van der Waals surface area contributed by atoms with Crippen LogP contribution in [0.4, 0.5) is 5.69 Å². The van der Waals surface area contributed by atoms with Gasteiger partial charge in [0.25, 0.3) is 0 Å². The predicted molar refractivity (Wildman–Crippen MR) is 97.3 cm³/mol. The lowest BCUT2D eigenvalue weighted by molar-refractivity contribution is 0.787. The summed E-state index contributed by atoms with van der Waals surface area (Å²) in [6.45, 7) is 4.13. The minimum absolute atomic E-state index is 0.0949. The number of aromatic nitrogens is 7. The van der Waals surface area contributed by atoms with Gasteiger partial charge >= 0.3 is 0 Å². The van der Waals surface area contributed by atoms with Crippen molar-refractivity contribution in [1.29, 1.82) is 0 Å². The Morgan fingerprint density at radius 1 is 1.04 bits per heavy atom. The smallest absolute Gasteiger partial charge is 0.143 e. The molecule has 0 fully saturated rings. The highest BCUT2D eigenvalue weighted by Gasteiger charge is 2.11. The molecular weight excluding hydrogens is 328 g/mol. The molecule has 0 aliphatic carbocycles. The van der Waals surface area contributed by atoms with E-state index in [1.807, 2.05) is 48.4 Å². The van der Waals surface area contributed by atoms with E-state index in [2.05, 4.69) is 50.0 Å². The largest absolute Gasteiger partial charge is 0.376 e. The zero-order valence-corrected chi connectivity index (χ0v) is 14.5. The lowest BCUT2D eigenvalue weighted by Gasteiger charge is -2.18. The van der Waals surface area contributed by atoms with Crippen molar-refractivity contribution in [2.24, 2.45) is 0 Å². The molecule has 0 unspecified atom stereocenters. The number of nitrogens with zero attached hydrogens (tertiary/aromatic N) is 7. The first-order chi connectivity index (χ1) is 12.7. The Morgan fingerprint density at radius 3 is 2.58 bits per heavy atom. The fraction of sp³-hybridized carbons (Fsp3) is 0.167. The molecule has 4 aromatic rings. The van der Waals surface area contributed by atoms with Gasteiger partial charge in [0.05, 0.1) is 29.5 Å². The summed E-state index contributed by atoms with van der Waals surface area (Å²) in [6.07, 6.45) is 8.99. The van der Waals surface area contributed by atoms with Gasteiger partial charge in [0.1, 0.15) is 6.33 Å². The highest BCUT2D eigenvalue weighted by Crippen LogP contribution is 2.24. The van der Waals surface area contributed by atoms with Crippen molar-refractivity contribution in [3.63, 3.8) is 0 Å². The predicted octanol–water partition coefficient (Wildman–Crippen LogP) is 2.72. The van der Waals surface area contributed by atoms with Gasteiger partial charge < -0.3 is 5.32 Å². The molecule has 3 heterocycles. The highest BCUT2D eigenvalue weighted by atomic mass is 15.5. The molecule has 1 N–H and O–H groups in total. The van der Waals surface area contributed by atoms with Crippen molar-refractivity contribution < 1.29 is 0 Å². The minimum Gasteiger partial charge on any atom is -0.376 e. The van der Waals surface area contributed by atoms with E-state index in [1.165, 1.54) is 0 Å². The molecule has 0 amide bonds. The van der Waals surface area contributed by atoms with Crippen molar-refractivity contribution >= 4 is 5.69 Å². The highest BCUT2D eigenvalue weighted by molar-refractivity contribution is 5.60. The van der Waals surface area contributed by atoms with Crippen LogP contribution in [0.1, 0.15) is 24.1 Å². The number of benzene rings is 1. The second-order valence-electron chi connectivity index (χ2n) is 6.07. The number of hydrogen-bond acceptors (Lipinski definition) is 6. The molecule has 0 radical (unpaired) electrons. The number of hydrogen-bond donors (Lipinski definition) is 1. The van der Waals surface area contributed by atoms with Crippen LogP contribution in [-0.4, -0.2) is 35.0 Å². The first-order valence-electron chi connectivity index (χ1n) is 8.26. The first kappa shape index (κ1) is 15.9. The summed E-state index contributed by atoms with van der Waals surface area (Å²) in [5.41, 5.74) is 5.06. The normalized spacial score (nSPS) is 12.1. The number of aryl methyl sites for hydroxylation is 1. The summed E-state index contributed by atoms with van der Waals surface area (Å²) >= 11 is 0. The lowest BCUT2D eigenvalue weighted by atomic mass is 10.1. The molecule has 8 nitrogen and oxygen atoms in total. The molecule has 0 spiro atoms. The monoisotopic (exact) mass is 346 g/mol. The van der Waals surface area contributed by atoms with E-state index in [0.717, 1.165) is 28.2 Å². The van der Waals surface area contributed by atoms with Crippen LogP contribution < -0.4 is 5.32 Å². The molecule has 4 rings (SSSR count). The third kappa shape index (κ3) is 3.16. The Bertz CT molecular complexity index is 988. The summed E-state index contributed by atoms with van der Waals surface area (Å²) in [4.78, 5) is 4.24. The second-order valence-corrected chi connectivity index (χ2v) is 6.07. The number of tetrazole rings is 1. The van der Waals surface area contributed by atoms with Crippen LogP contribution >= 0.6 is 0 Å². The molecule has 0 aliphatic rings. The Morgan fingerprint density at radius 2 is 1.88 bits per heavy atom. The van der Waals surface area contributed by atoms with E-state index in [9.17, 15) is 0 Å². The van der Waals surface area contributed by atoms with Gasteiger partial charge in [-0.1, -0.05) is 12.1 Å². The molecule has 26 heavy (non-hydrogen) atoms. The maximum atomic E-state index is 4.39. The Labute approximate surface area is 150 Å². The SMILES string of the molecule is Cc1cnn(-c2ccncc2N[C@@H](C)c2ccc(-n3cnnn3)cc2)c1. The van der Waals surface area contributed by atoms with E-state index < -0.39 is 0 Å². The van der Waals surface area contributed by atoms with E-state index >= 15 is 0 Å². The van der Waals surface area contributed by atoms with Crippen LogP contribution in [0.25, 0.3) is 11.4 Å². The molecule has 0 saturated heterocycles. The van der Waals surface area contributed by atoms with Crippen molar-refractivity contribution in [2.75, 3.05) is 5.32 Å². The number of pyridine rings is 1. The van der Waals surface area contributed by atoms with Crippen LogP contribution in [0.3, 0.4) is 0 Å². The summed E-state index contributed by atoms with van der Waals surface area (Å²) < 4.78 is 3.48. The standard InChI is InChI=1S/C18H18N8/c1-13-9-21-25(11-13)18-7-8-19-10-17(18)22-14(2)15-3-5-16(6-4-15)26-12-20-23-24-26/h3-12,14,22H,1-2H3/t14-/m0/s1. The van der Waals surface area contributed by atoms with E-state index in [-0.39, 0.29) is 6.04 Å². The molecule has 1 atom stereocenters. The van der Waals surface area contributed by atoms with Crippen molar-refractivity contribution in [2.45, 2.75) is 19.9 Å². The zero-order valence-electron chi connectivity index (χ0n) is 14.5. The van der Waals surface area contributed by atoms with Gasteiger partial charge in [0.15, 0.2) is 0 Å². The summed E-state index contributed by atoms with van der Waals surface area (Å²) in [7, 11) is 0. The van der Waals surface area contributed by atoms with Gasteiger partial charge in [-0.05, 0) is 53.6 Å². The van der Waals surface area contributed by atoms with E-state index in [4.69, 9.17) is 0 Å². The third-order valence-electron chi connectivity index (χ3n) is 4.14. The summed E-state index contributed by atoms with van der Waals surface area (Å²) in [5.74, 6) is 0. The molecule has 130 valence electrons. The van der Waals surface area contributed by atoms with Gasteiger partial charge in [0, 0.05) is 18.4 Å². The summed E-state index contributed by atoms with van der Waals surface area (Å²) in [5, 5.41) is 19.1. The average Bonchev–Trinajstić information content (AvgIpc) is 3.34. The molecule has 0 saturated carbocycles. The second kappa shape index (κ2) is 6.75. The minimum atomic E-state index is 0.0949. The van der Waals surface area contributed by atoms with Gasteiger partial charge in [-0.25, -0.2) is 9.36 Å². The average molecular weight is 346 g/mol. The Hall–Kier alpha value is -3.55. The fourth-order valence-electron chi connectivity index (χ4n) is 2.75. The van der Waals surface area contributed by atoms with E-state index in [0.29, 0.717) is 0 Å². The zero-order chi connectivity index (χ0) is 17.9. The molecule has 0 bridgehead atoms. The summed E-state index contributed by atoms with van der Waals surface area (Å²) in [6, 6.07) is 10.1. The number of anilines is 1. The van der Waals surface area contributed by atoms with Gasteiger partial charge in [-0.3, -0.25) is 4.98 Å². The van der Waals surface area contributed by atoms with Gasteiger partial charge in [0.2, 0.25) is 0 Å². The molecular formula is C18H18N8. The van der Waals surface area contributed by atoms with Crippen LogP contribution in [-0.2, 0) is 0 Å². The fourth-order valence-corrected chi connectivity index (χ4v) is 2.75. The third-order valence-corrected chi connectivity index (χ3v) is 4.14. The van der Waals surface area contributed by atoms with Gasteiger partial charge in [-0.15, -0.1) is 5.10 Å². The topological polar surface area (TPSA) is 86.3 Å². The molecule has 1 aromatic carbocycles. The van der Waals surface area contributed by atoms with Gasteiger partial charge in [-0.2, -0.15) is 5.10 Å². The molecule has 0 aliphatic heterocycles. The quantitative estimate of drug-likeness (QED) is 0.598. The van der Waals surface area contributed by atoms with Crippen LogP contribution in [0.2, 0.25) is 0 Å². The first-order valence-corrected chi connectivity index (χ1v) is 8.26. The molecule has 3 aromatic heterocycles. The Kier molecular flexibility index (Phi) is 4.14. The van der Waals surface area contributed by atoms with Crippen LogP contribution in [0, 0.1) is 6.92 Å². The van der Waals surface area contributed by atoms with Crippen molar-refractivity contribution in [3.05, 3.63) is 72.6 Å². The van der Waals surface area contributed by atoms with Crippen LogP contribution in [0.15, 0.2) is 61.4 Å². The maximum Gasteiger partial charge on any atom is 0.143 e. The number of nitrogens with one attached hydrogen (secondary N) is 1. The van der Waals surface area contributed by atoms with Crippen molar-refractivity contribution in [3.8, 4) is 11.4 Å². The molecule has 8 heteroatoms.